The second-order valence-electron chi connectivity index (χ2n) is 8.85. The van der Waals surface area contributed by atoms with E-state index in [2.05, 4.69) is 22.4 Å². The highest BCUT2D eigenvalue weighted by molar-refractivity contribution is 6.02. The highest BCUT2D eigenvalue weighted by Gasteiger charge is 2.64. The van der Waals surface area contributed by atoms with Crippen LogP contribution in [0.1, 0.15) is 22.6 Å². The van der Waals surface area contributed by atoms with Gasteiger partial charge >= 0.3 is 0 Å². The number of para-hydroxylation sites is 3. The smallest absolute Gasteiger partial charge is 0.247 e. The zero-order valence-corrected chi connectivity index (χ0v) is 18.9. The number of aliphatic imine (C=N–C) groups is 1. The zero-order chi connectivity index (χ0) is 23.9. The third-order valence-electron chi connectivity index (χ3n) is 6.83. The van der Waals surface area contributed by atoms with Crippen molar-refractivity contribution in [3.05, 3.63) is 89.5 Å². The van der Waals surface area contributed by atoms with Gasteiger partial charge in [0.15, 0.2) is 5.41 Å². The van der Waals surface area contributed by atoms with Gasteiger partial charge in [0.25, 0.3) is 0 Å². The summed E-state index contributed by atoms with van der Waals surface area (Å²) in [6, 6.07) is 25.9. The Morgan fingerprint density at radius 1 is 1.00 bits per heavy atom. The molecular weight excluding hydrogens is 422 g/mol. The zero-order valence-electron chi connectivity index (χ0n) is 18.9. The topological polar surface area (TPSA) is 92.3 Å². The SMILES string of the molecule is Cc1ccc([C@@H]2[C@H](C(=O)Nc3ccccc3)N3c4ccccc4N=C[C@H]3C2(C#N)C#N)c(C)c1. The number of carbonyl (C=O) groups is 1. The van der Waals surface area contributed by atoms with Gasteiger partial charge in [-0.15, -0.1) is 0 Å². The summed E-state index contributed by atoms with van der Waals surface area (Å²) < 4.78 is 0. The van der Waals surface area contributed by atoms with Crippen LogP contribution in [0.15, 0.2) is 77.8 Å². The Balaban J connectivity index is 1.74. The molecule has 0 bridgehead atoms. The Morgan fingerprint density at radius 3 is 2.41 bits per heavy atom. The number of nitriles is 2. The van der Waals surface area contributed by atoms with Gasteiger partial charge in [0.1, 0.15) is 6.04 Å². The minimum atomic E-state index is -1.50. The van der Waals surface area contributed by atoms with E-state index in [0.29, 0.717) is 11.4 Å². The monoisotopic (exact) mass is 445 g/mol. The van der Waals surface area contributed by atoms with Gasteiger partial charge < -0.3 is 10.2 Å². The molecule has 3 aromatic rings. The normalized spacial score (nSPS) is 21.6. The fourth-order valence-corrected chi connectivity index (χ4v) is 5.32. The molecule has 3 aromatic carbocycles. The molecule has 3 atom stereocenters. The van der Waals surface area contributed by atoms with Crippen LogP contribution in [0.25, 0.3) is 0 Å². The first-order valence-electron chi connectivity index (χ1n) is 11.2. The quantitative estimate of drug-likeness (QED) is 0.612. The van der Waals surface area contributed by atoms with Gasteiger partial charge in [0.2, 0.25) is 5.91 Å². The first-order chi connectivity index (χ1) is 16.5. The van der Waals surface area contributed by atoms with E-state index < -0.39 is 23.4 Å². The number of benzene rings is 3. The highest BCUT2D eigenvalue weighted by Crippen LogP contribution is 2.55. The van der Waals surface area contributed by atoms with E-state index in [4.69, 9.17) is 0 Å². The van der Waals surface area contributed by atoms with E-state index in [1.54, 1.807) is 6.21 Å². The maximum Gasteiger partial charge on any atom is 0.247 e. The molecule has 1 amide bonds. The van der Waals surface area contributed by atoms with Gasteiger partial charge in [0, 0.05) is 17.8 Å². The molecule has 0 spiro atoms. The first kappa shape index (κ1) is 21.4. The number of hydrogen-bond acceptors (Lipinski definition) is 5. The van der Waals surface area contributed by atoms with Crippen molar-refractivity contribution in [2.24, 2.45) is 10.4 Å². The lowest BCUT2D eigenvalue weighted by atomic mass is 9.69. The van der Waals surface area contributed by atoms with E-state index in [9.17, 15) is 15.3 Å². The van der Waals surface area contributed by atoms with E-state index in [0.717, 1.165) is 22.4 Å². The van der Waals surface area contributed by atoms with Crippen molar-refractivity contribution in [3.8, 4) is 12.1 Å². The highest BCUT2D eigenvalue weighted by atomic mass is 16.2. The Morgan fingerprint density at radius 2 is 1.71 bits per heavy atom. The van der Waals surface area contributed by atoms with Gasteiger partial charge in [-0.2, -0.15) is 10.5 Å². The van der Waals surface area contributed by atoms with Crippen LogP contribution in [-0.2, 0) is 4.79 Å². The molecule has 6 nitrogen and oxygen atoms in total. The second-order valence-corrected chi connectivity index (χ2v) is 8.85. The van der Waals surface area contributed by atoms with Crippen LogP contribution >= 0.6 is 0 Å². The lowest BCUT2D eigenvalue weighted by Crippen LogP contribution is -2.47. The molecule has 2 aliphatic heterocycles. The number of rotatable bonds is 3. The minimum Gasteiger partial charge on any atom is -0.346 e. The van der Waals surface area contributed by atoms with Crippen LogP contribution in [0.4, 0.5) is 17.1 Å². The molecule has 2 heterocycles. The molecule has 0 saturated carbocycles. The predicted octanol–water partition coefficient (Wildman–Crippen LogP) is 5.03. The summed E-state index contributed by atoms with van der Waals surface area (Å²) in [5.74, 6) is -0.951. The number of anilines is 2. The van der Waals surface area contributed by atoms with Crippen LogP contribution in [-0.4, -0.2) is 24.2 Å². The van der Waals surface area contributed by atoms with Crippen molar-refractivity contribution in [1.29, 1.82) is 10.5 Å². The average Bonchev–Trinajstić information content (AvgIpc) is 3.15. The minimum absolute atomic E-state index is 0.265. The Bertz CT molecular complexity index is 1370. The summed E-state index contributed by atoms with van der Waals surface area (Å²) >= 11 is 0. The van der Waals surface area contributed by atoms with Crippen molar-refractivity contribution in [2.45, 2.75) is 31.8 Å². The average molecular weight is 446 g/mol. The fourth-order valence-electron chi connectivity index (χ4n) is 5.32. The summed E-state index contributed by atoms with van der Waals surface area (Å²) in [5, 5.41) is 24.0. The van der Waals surface area contributed by atoms with Crippen molar-refractivity contribution in [2.75, 3.05) is 10.2 Å². The Kier molecular flexibility index (Phi) is 5.15. The van der Waals surface area contributed by atoms with Crippen LogP contribution in [0.3, 0.4) is 0 Å². The maximum atomic E-state index is 13.9. The maximum absolute atomic E-state index is 13.9. The molecule has 0 aliphatic carbocycles. The van der Waals surface area contributed by atoms with E-state index in [-0.39, 0.29) is 5.91 Å². The molecule has 0 aromatic heterocycles. The van der Waals surface area contributed by atoms with Crippen LogP contribution in [0.2, 0.25) is 0 Å². The standard InChI is InChI=1S/C28H23N5O/c1-18-12-13-21(19(2)14-18)25-26(27(34)32-20-8-4-3-5-9-20)33-23-11-7-6-10-22(23)31-15-24(33)28(25,16-29)17-30/h3-15,24-26H,1-2H3,(H,32,34)/t24-,25+,26+/m0/s1. The molecule has 166 valence electrons. The Hall–Kier alpha value is -4.42. The number of aryl methyl sites for hydroxylation is 2. The van der Waals surface area contributed by atoms with Crippen LogP contribution in [0.5, 0.6) is 0 Å². The number of carbonyl (C=O) groups excluding carboxylic acids is 1. The Labute approximate surface area is 198 Å². The van der Waals surface area contributed by atoms with E-state index in [1.165, 1.54) is 0 Å². The lowest BCUT2D eigenvalue weighted by Gasteiger charge is -2.34. The molecule has 6 heteroatoms. The number of fused-ring (bicyclic) bond motifs is 3. The van der Waals surface area contributed by atoms with Crippen LogP contribution < -0.4 is 10.2 Å². The third-order valence-corrected chi connectivity index (χ3v) is 6.83. The van der Waals surface area contributed by atoms with Gasteiger partial charge in [-0.05, 0) is 49.2 Å². The summed E-state index contributed by atoms with van der Waals surface area (Å²) in [6.45, 7) is 3.96. The molecule has 0 radical (unpaired) electrons. The molecule has 34 heavy (non-hydrogen) atoms. The van der Waals surface area contributed by atoms with Gasteiger partial charge in [-0.3, -0.25) is 9.79 Å². The van der Waals surface area contributed by atoms with Crippen molar-refractivity contribution >= 4 is 29.2 Å². The molecule has 1 fully saturated rings. The van der Waals surface area contributed by atoms with E-state index in [1.807, 2.05) is 91.5 Å². The largest absolute Gasteiger partial charge is 0.346 e. The van der Waals surface area contributed by atoms with E-state index >= 15 is 0 Å². The van der Waals surface area contributed by atoms with Crippen LogP contribution in [0, 0.1) is 41.9 Å². The second kappa shape index (κ2) is 8.17. The number of amides is 1. The molecule has 2 aliphatic rings. The summed E-state index contributed by atoms with van der Waals surface area (Å²) in [7, 11) is 0. The molecule has 5 rings (SSSR count). The summed E-state index contributed by atoms with van der Waals surface area (Å²) in [4.78, 5) is 20.4. The molecule has 1 N–H and O–H groups in total. The molecule has 1 saturated heterocycles. The summed E-state index contributed by atoms with van der Waals surface area (Å²) in [5.41, 5.74) is 3.45. The lowest BCUT2D eigenvalue weighted by molar-refractivity contribution is -0.117. The molecule has 0 unspecified atom stereocenters. The van der Waals surface area contributed by atoms with Crippen molar-refractivity contribution in [1.82, 2.24) is 0 Å². The number of nitrogens with zero attached hydrogens (tertiary/aromatic N) is 4. The molecular formula is C28H23N5O. The number of nitrogens with one attached hydrogen (secondary N) is 1. The van der Waals surface area contributed by atoms with Gasteiger partial charge in [-0.1, -0.05) is 54.1 Å². The third kappa shape index (κ3) is 3.16. The number of hydrogen-bond donors (Lipinski definition) is 1. The predicted molar refractivity (Wildman–Crippen MR) is 132 cm³/mol. The summed E-state index contributed by atoms with van der Waals surface area (Å²) in [6.07, 6.45) is 1.65. The fraction of sp³-hybridized carbons (Fsp3) is 0.214. The van der Waals surface area contributed by atoms with Gasteiger partial charge in [0.05, 0.1) is 29.6 Å². The first-order valence-corrected chi connectivity index (χ1v) is 11.2. The van der Waals surface area contributed by atoms with Crippen molar-refractivity contribution < 1.29 is 4.79 Å². The van der Waals surface area contributed by atoms with Crippen molar-refractivity contribution in [3.63, 3.8) is 0 Å². The van der Waals surface area contributed by atoms with Gasteiger partial charge in [-0.25, -0.2) is 0 Å².